The average molecular weight is 419 g/mol. The maximum Gasteiger partial charge on any atom is 0.328 e. The van der Waals surface area contributed by atoms with Crippen LogP contribution in [0, 0.1) is 5.92 Å². The molecule has 1 saturated carbocycles. The van der Waals surface area contributed by atoms with Crippen LogP contribution in [0.25, 0.3) is 11.0 Å². The first kappa shape index (κ1) is 19.9. The van der Waals surface area contributed by atoms with Gasteiger partial charge in [0.15, 0.2) is 15.6 Å². The number of sulfone groups is 1. The third-order valence-corrected chi connectivity index (χ3v) is 6.91. The van der Waals surface area contributed by atoms with Crippen LogP contribution < -0.4 is 0 Å². The second-order valence-corrected chi connectivity index (χ2v) is 10.2. The minimum absolute atomic E-state index is 0.0109. The SMILES string of the molecule is COC(=O)C1CC2CCCCC2N1C(=O)c1oc2ccccc2c1CS(C)(=O)=O. The van der Waals surface area contributed by atoms with E-state index in [0.717, 1.165) is 31.9 Å². The molecule has 0 bridgehead atoms. The summed E-state index contributed by atoms with van der Waals surface area (Å²) in [6.45, 7) is 0. The summed E-state index contributed by atoms with van der Waals surface area (Å²) in [5, 5.41) is 0.607. The number of esters is 1. The molecular weight excluding hydrogens is 394 g/mol. The smallest absolute Gasteiger partial charge is 0.328 e. The van der Waals surface area contributed by atoms with Crippen molar-refractivity contribution in [2.75, 3.05) is 13.4 Å². The molecule has 0 radical (unpaired) electrons. The van der Waals surface area contributed by atoms with Crippen molar-refractivity contribution in [2.45, 2.75) is 49.9 Å². The number of ether oxygens (including phenoxy) is 1. The first-order valence-electron chi connectivity index (χ1n) is 9.89. The predicted molar refractivity (Wildman–Crippen MR) is 107 cm³/mol. The summed E-state index contributed by atoms with van der Waals surface area (Å²) in [6.07, 6.45) is 5.58. The minimum atomic E-state index is -3.40. The number of carbonyl (C=O) groups excluding carboxylic acids is 2. The monoisotopic (exact) mass is 419 g/mol. The van der Waals surface area contributed by atoms with E-state index in [1.165, 1.54) is 7.11 Å². The minimum Gasteiger partial charge on any atom is -0.467 e. The summed E-state index contributed by atoms with van der Waals surface area (Å²) in [4.78, 5) is 27.7. The quantitative estimate of drug-likeness (QED) is 0.708. The molecule has 1 aliphatic heterocycles. The van der Waals surface area contributed by atoms with Gasteiger partial charge in [0.1, 0.15) is 11.6 Å². The molecule has 1 amide bonds. The van der Waals surface area contributed by atoms with Crippen molar-refractivity contribution >= 4 is 32.7 Å². The third kappa shape index (κ3) is 3.66. The Morgan fingerprint density at radius 3 is 2.66 bits per heavy atom. The van der Waals surface area contributed by atoms with Crippen molar-refractivity contribution in [3.8, 4) is 0 Å². The topological polar surface area (TPSA) is 93.9 Å². The molecule has 7 nitrogen and oxygen atoms in total. The zero-order valence-electron chi connectivity index (χ0n) is 16.6. The molecule has 2 aromatic rings. The van der Waals surface area contributed by atoms with E-state index in [4.69, 9.17) is 9.15 Å². The van der Waals surface area contributed by atoms with Gasteiger partial charge in [0.25, 0.3) is 5.91 Å². The number of hydrogen-bond acceptors (Lipinski definition) is 6. The number of furan rings is 1. The summed E-state index contributed by atoms with van der Waals surface area (Å²) >= 11 is 0. The van der Waals surface area contributed by atoms with Crippen molar-refractivity contribution in [1.29, 1.82) is 0 Å². The summed E-state index contributed by atoms with van der Waals surface area (Å²) in [5.74, 6) is -0.898. The number of benzene rings is 1. The second kappa shape index (κ2) is 7.48. The van der Waals surface area contributed by atoms with Gasteiger partial charge in [-0.1, -0.05) is 31.0 Å². The number of methoxy groups -OCH3 is 1. The van der Waals surface area contributed by atoms with E-state index in [-0.39, 0.29) is 23.5 Å². The van der Waals surface area contributed by atoms with Crippen molar-refractivity contribution in [3.63, 3.8) is 0 Å². The van der Waals surface area contributed by atoms with Gasteiger partial charge in [-0.25, -0.2) is 13.2 Å². The van der Waals surface area contributed by atoms with Gasteiger partial charge in [-0.2, -0.15) is 0 Å². The summed E-state index contributed by atoms with van der Waals surface area (Å²) < 4.78 is 34.9. The van der Waals surface area contributed by atoms with E-state index in [0.29, 0.717) is 23.0 Å². The van der Waals surface area contributed by atoms with Crippen LogP contribution in [0.5, 0.6) is 0 Å². The molecule has 3 atom stereocenters. The van der Waals surface area contributed by atoms with Gasteiger partial charge < -0.3 is 14.1 Å². The number of carbonyl (C=O) groups is 2. The average Bonchev–Trinajstić information content (AvgIpc) is 3.25. The number of fused-ring (bicyclic) bond motifs is 2. The van der Waals surface area contributed by atoms with Crippen molar-refractivity contribution in [1.82, 2.24) is 4.90 Å². The highest BCUT2D eigenvalue weighted by molar-refractivity contribution is 7.89. The molecule has 2 fully saturated rings. The Bertz CT molecular complexity index is 1060. The maximum atomic E-state index is 13.6. The van der Waals surface area contributed by atoms with Crippen LogP contribution in [-0.2, 0) is 25.1 Å². The predicted octanol–water partition coefficient (Wildman–Crippen LogP) is 2.92. The fraction of sp³-hybridized carbons (Fsp3) is 0.524. The molecule has 3 unspecified atom stereocenters. The van der Waals surface area contributed by atoms with Crippen molar-refractivity contribution in [2.24, 2.45) is 5.92 Å². The Morgan fingerprint density at radius 2 is 1.93 bits per heavy atom. The lowest BCUT2D eigenvalue weighted by Crippen LogP contribution is -2.46. The standard InChI is InChI=1S/C21H25NO6S/c1-27-21(24)17-11-13-7-3-5-9-16(13)22(17)20(23)19-15(12-29(2,25)26)14-8-4-6-10-18(14)28-19/h4,6,8,10,13,16-17H,3,5,7,9,11-12H2,1-2H3. The number of para-hydroxylation sites is 1. The Hall–Kier alpha value is -2.35. The Balaban J connectivity index is 1.81. The Kier molecular flexibility index (Phi) is 5.14. The van der Waals surface area contributed by atoms with E-state index < -0.39 is 27.8 Å². The zero-order chi connectivity index (χ0) is 20.8. The molecule has 4 rings (SSSR count). The van der Waals surface area contributed by atoms with Gasteiger partial charge in [-0.05, 0) is 31.2 Å². The highest BCUT2D eigenvalue weighted by atomic mass is 32.2. The molecule has 1 aromatic heterocycles. The van der Waals surface area contributed by atoms with Crippen LogP contribution in [-0.4, -0.2) is 50.6 Å². The summed E-state index contributed by atoms with van der Waals surface area (Å²) in [6, 6.07) is 6.29. The van der Waals surface area contributed by atoms with E-state index >= 15 is 0 Å². The molecule has 2 aliphatic rings. The highest BCUT2D eigenvalue weighted by Crippen LogP contribution is 2.42. The fourth-order valence-electron chi connectivity index (χ4n) is 4.89. The third-order valence-electron chi connectivity index (χ3n) is 6.09. The van der Waals surface area contributed by atoms with E-state index in [1.54, 1.807) is 29.2 Å². The second-order valence-electron chi connectivity index (χ2n) is 8.07. The lowest BCUT2D eigenvalue weighted by molar-refractivity contribution is -0.145. The first-order chi connectivity index (χ1) is 13.8. The normalized spacial score (nSPS) is 24.5. The molecule has 0 spiro atoms. The lowest BCUT2D eigenvalue weighted by Gasteiger charge is -2.32. The molecule has 1 aromatic carbocycles. The molecule has 2 heterocycles. The number of rotatable bonds is 4. The number of amides is 1. The highest BCUT2D eigenvalue weighted by Gasteiger charge is 2.49. The fourth-order valence-corrected chi connectivity index (χ4v) is 5.70. The van der Waals surface area contributed by atoms with Crippen LogP contribution in [0.4, 0.5) is 0 Å². The number of hydrogen-bond donors (Lipinski definition) is 0. The summed E-state index contributed by atoms with van der Waals surface area (Å²) in [7, 11) is -2.08. The zero-order valence-corrected chi connectivity index (χ0v) is 17.4. The van der Waals surface area contributed by atoms with Gasteiger partial charge >= 0.3 is 5.97 Å². The van der Waals surface area contributed by atoms with E-state index in [9.17, 15) is 18.0 Å². The van der Waals surface area contributed by atoms with Gasteiger partial charge in [-0.3, -0.25) is 4.79 Å². The lowest BCUT2D eigenvalue weighted by atomic mass is 9.84. The molecule has 1 aliphatic carbocycles. The summed E-state index contributed by atoms with van der Waals surface area (Å²) in [5.41, 5.74) is 0.819. The van der Waals surface area contributed by atoms with Crippen molar-refractivity contribution < 1.29 is 27.2 Å². The van der Waals surface area contributed by atoms with Gasteiger partial charge in [0.05, 0.1) is 12.9 Å². The van der Waals surface area contributed by atoms with E-state index in [2.05, 4.69) is 0 Å². The Labute approximate surface area is 169 Å². The first-order valence-corrected chi connectivity index (χ1v) is 11.9. The number of likely N-dealkylation sites (tertiary alicyclic amines) is 1. The molecule has 0 N–H and O–H groups in total. The molecule has 156 valence electrons. The molecule has 1 saturated heterocycles. The largest absolute Gasteiger partial charge is 0.467 e. The van der Waals surface area contributed by atoms with Crippen LogP contribution in [0.1, 0.15) is 48.2 Å². The van der Waals surface area contributed by atoms with Gasteiger partial charge in [0, 0.05) is 23.2 Å². The van der Waals surface area contributed by atoms with Crippen molar-refractivity contribution in [3.05, 3.63) is 35.6 Å². The molecular formula is C21H25NO6S. The van der Waals surface area contributed by atoms with Crippen LogP contribution in [0.15, 0.2) is 28.7 Å². The van der Waals surface area contributed by atoms with Crippen LogP contribution >= 0.6 is 0 Å². The maximum absolute atomic E-state index is 13.6. The molecule has 29 heavy (non-hydrogen) atoms. The van der Waals surface area contributed by atoms with E-state index in [1.807, 2.05) is 0 Å². The van der Waals surface area contributed by atoms with Gasteiger partial charge in [0.2, 0.25) is 0 Å². The van der Waals surface area contributed by atoms with Crippen LogP contribution in [0.3, 0.4) is 0 Å². The van der Waals surface area contributed by atoms with Gasteiger partial charge in [-0.15, -0.1) is 0 Å². The Morgan fingerprint density at radius 1 is 1.21 bits per heavy atom. The van der Waals surface area contributed by atoms with Crippen LogP contribution in [0.2, 0.25) is 0 Å². The molecule has 8 heteroatoms. The number of nitrogens with zero attached hydrogens (tertiary/aromatic N) is 1.